The van der Waals surface area contributed by atoms with Crippen LogP contribution in [-0.2, 0) is 9.53 Å². The van der Waals surface area contributed by atoms with Gasteiger partial charge in [-0.1, -0.05) is 36.4 Å². The molecule has 128 valence electrons. The number of hydrogen-bond acceptors (Lipinski definition) is 5. The molecule has 6 nitrogen and oxygen atoms in total. The molecule has 25 heavy (non-hydrogen) atoms. The molecule has 0 aliphatic carbocycles. The second-order valence-corrected chi connectivity index (χ2v) is 6.39. The summed E-state index contributed by atoms with van der Waals surface area (Å²) in [6.07, 6.45) is 0. The van der Waals surface area contributed by atoms with Gasteiger partial charge in [-0.25, -0.2) is 4.79 Å². The van der Waals surface area contributed by atoms with E-state index in [0.29, 0.717) is 5.69 Å². The lowest BCUT2D eigenvalue weighted by molar-refractivity contribution is -0.124. The van der Waals surface area contributed by atoms with Crippen molar-refractivity contribution in [3.05, 3.63) is 64.5 Å². The van der Waals surface area contributed by atoms with Crippen molar-refractivity contribution in [3.8, 4) is 11.3 Å². The summed E-state index contributed by atoms with van der Waals surface area (Å²) in [5, 5.41) is 11.5. The topological polar surface area (TPSA) is 84.1 Å². The highest BCUT2D eigenvalue weighted by Crippen LogP contribution is 2.18. The van der Waals surface area contributed by atoms with Crippen molar-refractivity contribution in [3.63, 3.8) is 0 Å². The van der Waals surface area contributed by atoms with E-state index in [1.165, 1.54) is 0 Å². The smallest absolute Gasteiger partial charge is 0.356 e. The second kappa shape index (κ2) is 7.76. The first-order valence-corrected chi connectivity index (χ1v) is 8.62. The van der Waals surface area contributed by atoms with Crippen LogP contribution < -0.4 is 5.32 Å². The van der Waals surface area contributed by atoms with Gasteiger partial charge in [0.25, 0.3) is 5.91 Å². The van der Waals surface area contributed by atoms with E-state index in [1.807, 2.05) is 54.8 Å². The molecule has 7 heteroatoms. The third-order valence-corrected chi connectivity index (χ3v) is 4.60. The quantitative estimate of drug-likeness (QED) is 0.665. The normalized spacial score (nSPS) is 11.7. The van der Waals surface area contributed by atoms with Gasteiger partial charge in [-0.15, -0.1) is 11.3 Å². The lowest BCUT2D eigenvalue weighted by Gasteiger charge is -2.12. The number of ether oxygens (including phenoxy) is 1. The Morgan fingerprint density at radius 2 is 2.04 bits per heavy atom. The maximum Gasteiger partial charge on any atom is 0.356 e. The minimum absolute atomic E-state index is 0.122. The van der Waals surface area contributed by atoms with Gasteiger partial charge < -0.3 is 10.1 Å². The summed E-state index contributed by atoms with van der Waals surface area (Å²) in [6.45, 7) is 1.54. The van der Waals surface area contributed by atoms with Gasteiger partial charge >= 0.3 is 5.97 Å². The Hall–Kier alpha value is -2.93. The van der Waals surface area contributed by atoms with Crippen LogP contribution in [0.15, 0.2) is 53.9 Å². The predicted molar refractivity (Wildman–Crippen MR) is 95.2 cm³/mol. The first-order valence-electron chi connectivity index (χ1n) is 7.74. The van der Waals surface area contributed by atoms with Gasteiger partial charge in [-0.3, -0.25) is 9.89 Å². The molecule has 2 aromatic heterocycles. The van der Waals surface area contributed by atoms with Crippen LogP contribution >= 0.6 is 11.3 Å². The number of carbonyl (C=O) groups excluding carboxylic acids is 2. The lowest BCUT2D eigenvalue weighted by Crippen LogP contribution is -2.30. The summed E-state index contributed by atoms with van der Waals surface area (Å²) < 4.78 is 5.04. The SMILES string of the molecule is C[C@H](NC(=O)COC(=O)c1cc(-c2ccccc2)n[nH]1)c1cccs1. The predicted octanol–water partition coefficient (Wildman–Crippen LogP) is 3.17. The number of nitrogens with one attached hydrogen (secondary N) is 2. The van der Waals surface area contributed by atoms with Crippen LogP contribution in [-0.4, -0.2) is 28.7 Å². The van der Waals surface area contributed by atoms with E-state index in [4.69, 9.17) is 4.74 Å². The van der Waals surface area contributed by atoms with E-state index in [0.717, 1.165) is 10.4 Å². The summed E-state index contributed by atoms with van der Waals surface area (Å²) >= 11 is 1.56. The number of carbonyl (C=O) groups is 2. The number of thiophene rings is 1. The molecule has 2 N–H and O–H groups in total. The van der Waals surface area contributed by atoms with Crippen molar-refractivity contribution in [2.75, 3.05) is 6.61 Å². The van der Waals surface area contributed by atoms with Crippen LogP contribution in [0.4, 0.5) is 0 Å². The van der Waals surface area contributed by atoms with E-state index >= 15 is 0 Å². The number of amides is 1. The molecule has 3 aromatic rings. The molecular formula is C18H17N3O3S. The summed E-state index contributed by atoms with van der Waals surface area (Å²) in [5.74, 6) is -0.967. The third kappa shape index (κ3) is 4.33. The maximum atomic E-state index is 12.0. The largest absolute Gasteiger partial charge is 0.451 e. The highest BCUT2D eigenvalue weighted by molar-refractivity contribution is 7.10. The van der Waals surface area contributed by atoms with Crippen molar-refractivity contribution < 1.29 is 14.3 Å². The highest BCUT2D eigenvalue weighted by Gasteiger charge is 2.16. The molecule has 1 atom stereocenters. The van der Waals surface area contributed by atoms with E-state index in [9.17, 15) is 9.59 Å². The third-order valence-electron chi connectivity index (χ3n) is 3.55. The van der Waals surface area contributed by atoms with Crippen molar-refractivity contribution in [2.24, 2.45) is 0 Å². The molecule has 0 unspecified atom stereocenters. The standard InChI is InChI=1S/C18H17N3O3S/c1-12(16-8-5-9-25-16)19-17(22)11-24-18(23)15-10-14(20-21-15)13-6-3-2-4-7-13/h2-10,12H,11H2,1H3,(H,19,22)(H,20,21)/t12-/m0/s1. The molecule has 1 amide bonds. The molecule has 0 fully saturated rings. The van der Waals surface area contributed by atoms with E-state index in [2.05, 4.69) is 15.5 Å². The minimum Gasteiger partial charge on any atom is -0.451 e. The second-order valence-electron chi connectivity index (χ2n) is 5.41. The van der Waals surface area contributed by atoms with Gasteiger partial charge in [-0.2, -0.15) is 5.10 Å². The minimum atomic E-state index is -0.617. The summed E-state index contributed by atoms with van der Waals surface area (Å²) in [7, 11) is 0. The van der Waals surface area contributed by atoms with Gasteiger partial charge in [0, 0.05) is 10.4 Å². The molecule has 2 heterocycles. The Morgan fingerprint density at radius 1 is 1.24 bits per heavy atom. The van der Waals surface area contributed by atoms with Crippen molar-refractivity contribution in [1.82, 2.24) is 15.5 Å². The Morgan fingerprint density at radius 3 is 2.76 bits per heavy atom. The van der Waals surface area contributed by atoms with Crippen LogP contribution in [0.1, 0.15) is 28.3 Å². The highest BCUT2D eigenvalue weighted by atomic mass is 32.1. The Kier molecular flexibility index (Phi) is 5.25. The van der Waals surface area contributed by atoms with Crippen LogP contribution in [0.3, 0.4) is 0 Å². The Bertz CT molecular complexity index is 844. The van der Waals surface area contributed by atoms with E-state index < -0.39 is 5.97 Å². The zero-order valence-electron chi connectivity index (χ0n) is 13.6. The van der Waals surface area contributed by atoms with Crippen LogP contribution in [0, 0.1) is 0 Å². The Labute approximate surface area is 148 Å². The zero-order chi connectivity index (χ0) is 17.6. The molecule has 0 saturated carbocycles. The number of rotatable bonds is 6. The van der Waals surface area contributed by atoms with Gasteiger partial charge in [0.2, 0.25) is 0 Å². The number of aromatic nitrogens is 2. The zero-order valence-corrected chi connectivity index (χ0v) is 14.4. The first-order chi connectivity index (χ1) is 12.1. The number of hydrogen-bond donors (Lipinski definition) is 2. The van der Waals surface area contributed by atoms with Gasteiger partial charge in [0.15, 0.2) is 6.61 Å². The number of H-pyrrole nitrogens is 1. The average molecular weight is 355 g/mol. The molecular weight excluding hydrogens is 338 g/mol. The summed E-state index contributed by atoms with van der Waals surface area (Å²) in [5.41, 5.74) is 1.74. The summed E-state index contributed by atoms with van der Waals surface area (Å²) in [4.78, 5) is 25.0. The molecule has 3 rings (SSSR count). The van der Waals surface area contributed by atoms with Crippen LogP contribution in [0.25, 0.3) is 11.3 Å². The maximum absolute atomic E-state index is 12.0. The van der Waals surface area contributed by atoms with E-state index in [-0.39, 0.29) is 24.2 Å². The molecule has 0 aliphatic heterocycles. The number of nitrogens with zero attached hydrogens (tertiary/aromatic N) is 1. The molecule has 0 bridgehead atoms. The molecule has 0 aliphatic rings. The van der Waals surface area contributed by atoms with Crippen molar-refractivity contribution >= 4 is 23.2 Å². The first kappa shape index (κ1) is 16.9. The number of esters is 1. The van der Waals surface area contributed by atoms with Crippen molar-refractivity contribution in [1.29, 1.82) is 0 Å². The van der Waals surface area contributed by atoms with Gasteiger partial charge in [-0.05, 0) is 24.4 Å². The molecule has 0 radical (unpaired) electrons. The lowest BCUT2D eigenvalue weighted by atomic mass is 10.1. The van der Waals surface area contributed by atoms with Crippen LogP contribution in [0.5, 0.6) is 0 Å². The average Bonchev–Trinajstić information content (AvgIpc) is 3.32. The van der Waals surface area contributed by atoms with Crippen LogP contribution in [0.2, 0.25) is 0 Å². The summed E-state index contributed by atoms with van der Waals surface area (Å²) in [6, 6.07) is 14.8. The Balaban J connectivity index is 1.52. The molecule has 0 spiro atoms. The molecule has 0 saturated heterocycles. The number of benzene rings is 1. The number of aromatic amines is 1. The molecule has 1 aromatic carbocycles. The monoisotopic (exact) mass is 355 g/mol. The fourth-order valence-electron chi connectivity index (χ4n) is 2.28. The van der Waals surface area contributed by atoms with Gasteiger partial charge in [0.1, 0.15) is 5.69 Å². The fourth-order valence-corrected chi connectivity index (χ4v) is 3.02. The fraction of sp³-hybridized carbons (Fsp3) is 0.167. The van der Waals surface area contributed by atoms with Gasteiger partial charge in [0.05, 0.1) is 11.7 Å². The van der Waals surface area contributed by atoms with E-state index in [1.54, 1.807) is 17.4 Å². The van der Waals surface area contributed by atoms with Crippen molar-refractivity contribution in [2.45, 2.75) is 13.0 Å².